The van der Waals surface area contributed by atoms with Crippen molar-refractivity contribution in [3.8, 4) is 0 Å². The van der Waals surface area contributed by atoms with Crippen molar-refractivity contribution in [3.05, 3.63) is 30.6 Å². The van der Waals surface area contributed by atoms with Gasteiger partial charge in [-0.15, -0.1) is 0 Å². The van der Waals surface area contributed by atoms with Crippen LogP contribution in [0.5, 0.6) is 0 Å². The van der Waals surface area contributed by atoms with Gasteiger partial charge >= 0.3 is 0 Å². The molecule has 1 rings (SSSR count). The Kier molecular flexibility index (Phi) is 17.6. The maximum Gasteiger partial charge on any atom is 0.168 e. The Morgan fingerprint density at radius 3 is 1.35 bits per heavy atom. The molecule has 0 saturated heterocycles. The van der Waals surface area contributed by atoms with Crippen molar-refractivity contribution in [2.24, 2.45) is 0 Å². The van der Waals surface area contributed by atoms with Crippen molar-refractivity contribution in [1.29, 1.82) is 0 Å². The molecule has 0 radical (unpaired) electrons. The molecule has 134 valence electrons. The molecule has 0 aliphatic rings. The van der Waals surface area contributed by atoms with Gasteiger partial charge in [-0.3, -0.25) is 0 Å². The van der Waals surface area contributed by atoms with Crippen molar-refractivity contribution in [1.82, 2.24) is 0 Å². The van der Waals surface area contributed by atoms with Crippen molar-refractivity contribution < 1.29 is 4.57 Å². The zero-order valence-electron chi connectivity index (χ0n) is 15.6. The van der Waals surface area contributed by atoms with Gasteiger partial charge in [0.1, 0.15) is 6.54 Å². The molecular formula is C21H41NP+. The van der Waals surface area contributed by atoms with Gasteiger partial charge in [0.05, 0.1) is 0 Å². The zero-order chi connectivity index (χ0) is 15.7. The van der Waals surface area contributed by atoms with Crippen molar-refractivity contribution in [2.75, 3.05) is 0 Å². The first kappa shape index (κ1) is 22.6. The smallest absolute Gasteiger partial charge is 0.168 e. The monoisotopic (exact) mass is 338 g/mol. The lowest BCUT2D eigenvalue weighted by atomic mass is 10.0. The van der Waals surface area contributed by atoms with Gasteiger partial charge in [-0.1, -0.05) is 90.0 Å². The van der Waals surface area contributed by atoms with Gasteiger partial charge in [0.15, 0.2) is 12.4 Å². The fraction of sp³-hybridized carbons (Fsp3) is 0.762. The van der Waals surface area contributed by atoms with Crippen LogP contribution in [0.2, 0.25) is 0 Å². The molecule has 0 saturated carbocycles. The minimum atomic E-state index is 0. The predicted molar refractivity (Wildman–Crippen MR) is 108 cm³/mol. The molecule has 1 atom stereocenters. The summed E-state index contributed by atoms with van der Waals surface area (Å²) in [5, 5.41) is 0. The maximum atomic E-state index is 2.29. The number of hydrogen-bond acceptors (Lipinski definition) is 0. The van der Waals surface area contributed by atoms with Crippen molar-refractivity contribution in [2.45, 2.75) is 103 Å². The standard InChI is InChI=1S/C21H38N.H3P/c1-2-3-4-5-6-7-8-9-10-11-12-13-14-16-19-22-20-17-15-18-21-22;/h15,17-18,20-21H,2-14,16,19H2,1H3;1H3/q+1;. The minimum absolute atomic E-state index is 0. The summed E-state index contributed by atoms with van der Waals surface area (Å²) in [6.45, 7) is 3.47. The largest absolute Gasteiger partial charge is 0.205 e. The number of rotatable bonds is 15. The summed E-state index contributed by atoms with van der Waals surface area (Å²) in [5.74, 6) is 0. The van der Waals surface area contributed by atoms with Crippen LogP contribution in [0.1, 0.15) is 96.8 Å². The number of aromatic nitrogens is 1. The highest BCUT2D eigenvalue weighted by atomic mass is 31.0. The molecular weight excluding hydrogens is 297 g/mol. The van der Waals surface area contributed by atoms with E-state index in [1.54, 1.807) is 0 Å². The average molecular weight is 339 g/mol. The molecule has 23 heavy (non-hydrogen) atoms. The Hall–Kier alpha value is -0.420. The Balaban J connectivity index is 0.00000484. The van der Waals surface area contributed by atoms with Gasteiger partial charge in [-0.05, 0) is 6.42 Å². The third kappa shape index (κ3) is 14.9. The summed E-state index contributed by atoms with van der Waals surface area (Å²) in [6, 6.07) is 6.31. The minimum Gasteiger partial charge on any atom is -0.205 e. The normalized spacial score (nSPS) is 10.5. The molecule has 1 aromatic rings. The maximum absolute atomic E-state index is 2.29. The molecule has 0 amide bonds. The molecule has 1 aromatic heterocycles. The van der Waals surface area contributed by atoms with Gasteiger partial charge in [0.2, 0.25) is 0 Å². The van der Waals surface area contributed by atoms with E-state index in [2.05, 4.69) is 42.1 Å². The Labute approximate surface area is 148 Å². The van der Waals surface area contributed by atoms with E-state index in [0.29, 0.717) is 0 Å². The van der Waals surface area contributed by atoms with Gasteiger partial charge in [-0.2, -0.15) is 9.90 Å². The van der Waals surface area contributed by atoms with Crippen LogP contribution in [-0.4, -0.2) is 0 Å². The van der Waals surface area contributed by atoms with E-state index in [4.69, 9.17) is 0 Å². The van der Waals surface area contributed by atoms with E-state index in [-0.39, 0.29) is 9.90 Å². The number of nitrogens with zero attached hydrogens (tertiary/aromatic N) is 1. The molecule has 0 aliphatic carbocycles. The summed E-state index contributed by atoms with van der Waals surface area (Å²) in [7, 11) is 0. The van der Waals surface area contributed by atoms with Crippen LogP contribution < -0.4 is 4.57 Å². The number of hydrogen-bond donors (Lipinski definition) is 0. The lowest BCUT2D eigenvalue weighted by molar-refractivity contribution is -0.697. The quantitative estimate of drug-likeness (QED) is 0.195. The topological polar surface area (TPSA) is 3.88 Å². The second-order valence-electron chi connectivity index (χ2n) is 6.71. The van der Waals surface area contributed by atoms with Crippen LogP contribution in [0, 0.1) is 0 Å². The lowest BCUT2D eigenvalue weighted by Gasteiger charge is -2.02. The van der Waals surface area contributed by atoms with Gasteiger partial charge in [-0.25, -0.2) is 4.57 Å². The molecule has 0 bridgehead atoms. The predicted octanol–water partition coefficient (Wildman–Crippen LogP) is 6.51. The van der Waals surface area contributed by atoms with Crippen molar-refractivity contribution >= 4 is 9.90 Å². The third-order valence-corrected chi connectivity index (χ3v) is 4.55. The molecule has 0 aliphatic heterocycles. The van der Waals surface area contributed by atoms with Crippen LogP contribution in [0.15, 0.2) is 30.6 Å². The highest BCUT2D eigenvalue weighted by Gasteiger charge is 1.98. The number of pyridine rings is 1. The van der Waals surface area contributed by atoms with E-state index in [9.17, 15) is 0 Å². The first-order valence-electron chi connectivity index (χ1n) is 9.87. The fourth-order valence-corrected chi connectivity index (χ4v) is 3.07. The van der Waals surface area contributed by atoms with Gasteiger partial charge in [0.25, 0.3) is 0 Å². The van der Waals surface area contributed by atoms with Crippen LogP contribution >= 0.6 is 9.90 Å². The van der Waals surface area contributed by atoms with Crippen LogP contribution in [0.4, 0.5) is 0 Å². The first-order valence-corrected chi connectivity index (χ1v) is 9.87. The first-order chi connectivity index (χ1) is 10.9. The second kappa shape index (κ2) is 17.9. The molecule has 0 N–H and O–H groups in total. The molecule has 1 nitrogen and oxygen atoms in total. The van der Waals surface area contributed by atoms with Crippen LogP contribution in [0.3, 0.4) is 0 Å². The Morgan fingerprint density at radius 1 is 0.522 bits per heavy atom. The van der Waals surface area contributed by atoms with Gasteiger partial charge < -0.3 is 0 Å². The highest BCUT2D eigenvalue weighted by Crippen LogP contribution is 2.12. The van der Waals surface area contributed by atoms with E-state index < -0.39 is 0 Å². The van der Waals surface area contributed by atoms with E-state index >= 15 is 0 Å². The SMILES string of the molecule is CCCCCCCCCCCCCCCC[n+]1ccccc1.P. The van der Waals surface area contributed by atoms with Crippen LogP contribution in [-0.2, 0) is 6.54 Å². The van der Waals surface area contributed by atoms with Crippen LogP contribution in [0.25, 0.3) is 0 Å². The number of aryl methyl sites for hydroxylation is 1. The summed E-state index contributed by atoms with van der Waals surface area (Å²) >= 11 is 0. The van der Waals surface area contributed by atoms with E-state index in [1.165, 1.54) is 96.4 Å². The lowest BCUT2D eigenvalue weighted by Crippen LogP contribution is -2.32. The molecule has 1 heterocycles. The summed E-state index contributed by atoms with van der Waals surface area (Å²) in [5.41, 5.74) is 0. The Bertz CT molecular complexity index is 326. The third-order valence-electron chi connectivity index (χ3n) is 4.55. The summed E-state index contributed by atoms with van der Waals surface area (Å²) in [4.78, 5) is 0. The van der Waals surface area contributed by atoms with E-state index in [1.807, 2.05) is 0 Å². The van der Waals surface area contributed by atoms with Crippen molar-refractivity contribution in [3.63, 3.8) is 0 Å². The second-order valence-corrected chi connectivity index (χ2v) is 6.71. The molecule has 1 unspecified atom stereocenters. The summed E-state index contributed by atoms with van der Waals surface area (Å²) in [6.07, 6.45) is 24.4. The molecule has 0 fully saturated rings. The molecule has 2 heteroatoms. The highest BCUT2D eigenvalue weighted by molar-refractivity contribution is 6.92. The Morgan fingerprint density at radius 2 is 0.913 bits per heavy atom. The summed E-state index contributed by atoms with van der Waals surface area (Å²) < 4.78 is 2.29. The zero-order valence-corrected chi connectivity index (χ0v) is 17.1. The fourth-order valence-electron chi connectivity index (χ4n) is 3.07. The van der Waals surface area contributed by atoms with Gasteiger partial charge in [0, 0.05) is 18.6 Å². The number of unbranched alkanes of at least 4 members (excludes halogenated alkanes) is 13. The molecule has 0 aromatic carbocycles. The average Bonchev–Trinajstić information content (AvgIpc) is 2.56. The molecule has 0 spiro atoms. The van der Waals surface area contributed by atoms with E-state index in [0.717, 1.165) is 0 Å².